The summed E-state index contributed by atoms with van der Waals surface area (Å²) in [6.45, 7) is 3.80. The van der Waals surface area contributed by atoms with E-state index in [2.05, 4.69) is 0 Å². The molecule has 1 aromatic heterocycles. The summed E-state index contributed by atoms with van der Waals surface area (Å²) in [4.78, 5) is 13.0. The third kappa shape index (κ3) is 2.44. The van der Waals surface area contributed by atoms with Gasteiger partial charge in [-0.25, -0.2) is 4.39 Å². The van der Waals surface area contributed by atoms with E-state index in [-0.39, 0.29) is 11.6 Å². The second-order valence-electron chi connectivity index (χ2n) is 3.97. The molecule has 0 atom stereocenters. The van der Waals surface area contributed by atoms with Crippen molar-refractivity contribution < 1.29 is 9.18 Å². The van der Waals surface area contributed by atoms with Gasteiger partial charge in [0.25, 0.3) is 0 Å². The fourth-order valence-electron chi connectivity index (χ4n) is 1.81. The van der Waals surface area contributed by atoms with Crippen LogP contribution in [0.1, 0.15) is 33.3 Å². The molecule has 0 spiro atoms. The van der Waals surface area contributed by atoms with Crippen LogP contribution in [0.4, 0.5) is 4.39 Å². The van der Waals surface area contributed by atoms with Gasteiger partial charge in [-0.15, -0.1) is 11.3 Å². The maximum Gasteiger partial charge on any atom is 0.203 e. The highest BCUT2D eigenvalue weighted by molar-refractivity contribution is 7.12. The molecule has 17 heavy (non-hydrogen) atoms. The number of carbonyl (C=O) groups excluding carboxylic acids is 1. The summed E-state index contributed by atoms with van der Waals surface area (Å²) >= 11 is 1.42. The fraction of sp³-hybridized carbons (Fsp3) is 0.214. The summed E-state index contributed by atoms with van der Waals surface area (Å²) in [7, 11) is 0. The average Bonchev–Trinajstić information content (AvgIpc) is 2.74. The van der Waals surface area contributed by atoms with Crippen LogP contribution in [0.15, 0.2) is 29.6 Å². The first kappa shape index (κ1) is 12.0. The van der Waals surface area contributed by atoms with Crippen LogP contribution in [-0.2, 0) is 6.42 Å². The standard InChI is InChI=1S/C14H13FOS/c1-3-10-4-5-17-14(10)13(16)11-6-9(2)7-12(15)8-11/h4-8H,3H2,1-2H3. The van der Waals surface area contributed by atoms with Crippen LogP contribution in [0.25, 0.3) is 0 Å². The SMILES string of the molecule is CCc1ccsc1C(=O)c1cc(C)cc(F)c1. The number of aryl methyl sites for hydroxylation is 2. The Balaban J connectivity index is 2.43. The Morgan fingerprint density at radius 3 is 2.76 bits per heavy atom. The molecule has 1 nitrogen and oxygen atoms in total. The van der Waals surface area contributed by atoms with Crippen molar-refractivity contribution in [3.63, 3.8) is 0 Å². The third-order valence-corrected chi connectivity index (χ3v) is 3.59. The number of ketones is 1. The van der Waals surface area contributed by atoms with Crippen molar-refractivity contribution >= 4 is 17.1 Å². The molecule has 0 N–H and O–H groups in total. The van der Waals surface area contributed by atoms with Gasteiger partial charge in [-0.05, 0) is 54.1 Å². The summed E-state index contributed by atoms with van der Waals surface area (Å²) < 4.78 is 13.3. The minimum Gasteiger partial charge on any atom is -0.288 e. The zero-order valence-electron chi connectivity index (χ0n) is 9.79. The van der Waals surface area contributed by atoms with Crippen LogP contribution in [0.3, 0.4) is 0 Å². The third-order valence-electron chi connectivity index (χ3n) is 2.64. The predicted molar refractivity (Wildman–Crippen MR) is 68.3 cm³/mol. The molecule has 0 amide bonds. The molecule has 3 heteroatoms. The van der Waals surface area contributed by atoms with E-state index in [1.807, 2.05) is 18.4 Å². The van der Waals surface area contributed by atoms with Crippen LogP contribution in [-0.4, -0.2) is 5.78 Å². The lowest BCUT2D eigenvalue weighted by Crippen LogP contribution is -2.02. The van der Waals surface area contributed by atoms with E-state index in [9.17, 15) is 9.18 Å². The molecule has 0 bridgehead atoms. The quantitative estimate of drug-likeness (QED) is 0.751. The summed E-state index contributed by atoms with van der Waals surface area (Å²) in [5.74, 6) is -0.442. The molecule has 0 radical (unpaired) electrons. The van der Waals surface area contributed by atoms with Crippen LogP contribution in [0.2, 0.25) is 0 Å². The molecule has 88 valence electrons. The monoisotopic (exact) mass is 248 g/mol. The van der Waals surface area contributed by atoms with Gasteiger partial charge in [0, 0.05) is 5.56 Å². The zero-order valence-corrected chi connectivity index (χ0v) is 10.6. The molecule has 0 saturated carbocycles. The lowest BCUT2D eigenvalue weighted by molar-refractivity contribution is 0.104. The summed E-state index contributed by atoms with van der Waals surface area (Å²) in [6, 6.07) is 6.40. The van der Waals surface area contributed by atoms with Crippen molar-refractivity contribution in [2.75, 3.05) is 0 Å². The van der Waals surface area contributed by atoms with Gasteiger partial charge < -0.3 is 0 Å². The Kier molecular flexibility index (Phi) is 3.38. The Bertz CT molecular complexity index is 537. The van der Waals surface area contributed by atoms with Gasteiger partial charge >= 0.3 is 0 Å². The van der Waals surface area contributed by atoms with Crippen LogP contribution >= 0.6 is 11.3 Å². The largest absolute Gasteiger partial charge is 0.288 e. The molecule has 0 fully saturated rings. The van der Waals surface area contributed by atoms with Crippen molar-refractivity contribution in [2.24, 2.45) is 0 Å². The van der Waals surface area contributed by atoms with E-state index in [4.69, 9.17) is 0 Å². The van der Waals surface area contributed by atoms with E-state index >= 15 is 0 Å². The first-order chi connectivity index (χ1) is 8.11. The van der Waals surface area contributed by atoms with E-state index in [0.29, 0.717) is 5.56 Å². The minimum atomic E-state index is -0.358. The molecule has 0 saturated heterocycles. The fourth-order valence-corrected chi connectivity index (χ4v) is 2.77. The van der Waals surface area contributed by atoms with E-state index in [1.165, 1.54) is 23.5 Å². The number of hydrogen-bond donors (Lipinski definition) is 0. The van der Waals surface area contributed by atoms with Gasteiger partial charge in [-0.2, -0.15) is 0 Å². The van der Waals surface area contributed by atoms with Crippen LogP contribution < -0.4 is 0 Å². The maximum absolute atomic E-state index is 13.3. The second kappa shape index (κ2) is 4.80. The number of benzene rings is 1. The summed E-state index contributed by atoms with van der Waals surface area (Å²) in [6.07, 6.45) is 0.818. The molecule has 2 rings (SSSR count). The van der Waals surface area contributed by atoms with Gasteiger partial charge in [-0.1, -0.05) is 6.92 Å². The molecule has 0 aliphatic rings. The average molecular weight is 248 g/mol. The molecule has 2 aromatic rings. The smallest absolute Gasteiger partial charge is 0.203 e. The van der Waals surface area contributed by atoms with Crippen molar-refractivity contribution in [1.29, 1.82) is 0 Å². The molecule has 0 unspecified atom stereocenters. The Morgan fingerprint density at radius 2 is 2.12 bits per heavy atom. The topological polar surface area (TPSA) is 17.1 Å². The minimum absolute atomic E-state index is 0.0838. The highest BCUT2D eigenvalue weighted by atomic mass is 32.1. The van der Waals surface area contributed by atoms with Gasteiger partial charge in [-0.3, -0.25) is 4.79 Å². The molecule has 1 aromatic carbocycles. The lowest BCUT2D eigenvalue weighted by atomic mass is 10.0. The van der Waals surface area contributed by atoms with Gasteiger partial charge in [0.2, 0.25) is 5.78 Å². The normalized spacial score (nSPS) is 10.5. The van der Waals surface area contributed by atoms with Crippen LogP contribution in [0, 0.1) is 12.7 Å². The van der Waals surface area contributed by atoms with E-state index in [1.54, 1.807) is 13.0 Å². The first-order valence-electron chi connectivity index (χ1n) is 5.50. The van der Waals surface area contributed by atoms with Crippen LogP contribution in [0.5, 0.6) is 0 Å². The van der Waals surface area contributed by atoms with Crippen molar-refractivity contribution in [3.8, 4) is 0 Å². The molecule has 0 aliphatic heterocycles. The van der Waals surface area contributed by atoms with Crippen molar-refractivity contribution in [2.45, 2.75) is 20.3 Å². The van der Waals surface area contributed by atoms with E-state index < -0.39 is 0 Å². The zero-order chi connectivity index (χ0) is 12.4. The number of hydrogen-bond acceptors (Lipinski definition) is 2. The molecule has 0 aliphatic carbocycles. The van der Waals surface area contributed by atoms with E-state index in [0.717, 1.165) is 22.4 Å². The predicted octanol–water partition coefficient (Wildman–Crippen LogP) is 3.99. The first-order valence-corrected chi connectivity index (χ1v) is 6.38. The maximum atomic E-state index is 13.3. The molecule has 1 heterocycles. The highest BCUT2D eigenvalue weighted by Crippen LogP contribution is 2.22. The Hall–Kier alpha value is -1.48. The number of halogens is 1. The number of carbonyl (C=O) groups is 1. The molecular weight excluding hydrogens is 235 g/mol. The Morgan fingerprint density at radius 1 is 1.35 bits per heavy atom. The molecular formula is C14H13FOS. The van der Waals surface area contributed by atoms with Gasteiger partial charge in [0.1, 0.15) is 5.82 Å². The van der Waals surface area contributed by atoms with Gasteiger partial charge in [0.05, 0.1) is 4.88 Å². The number of rotatable bonds is 3. The number of thiophene rings is 1. The second-order valence-corrected chi connectivity index (χ2v) is 4.89. The summed E-state index contributed by atoms with van der Waals surface area (Å²) in [5.41, 5.74) is 2.23. The Labute approximate surface area is 104 Å². The van der Waals surface area contributed by atoms with Gasteiger partial charge in [0.15, 0.2) is 0 Å². The van der Waals surface area contributed by atoms with Crippen molar-refractivity contribution in [1.82, 2.24) is 0 Å². The highest BCUT2D eigenvalue weighted by Gasteiger charge is 2.15. The lowest BCUT2D eigenvalue weighted by Gasteiger charge is -2.03. The summed E-state index contributed by atoms with van der Waals surface area (Å²) in [5, 5.41) is 1.90. The van der Waals surface area contributed by atoms with Crippen molar-refractivity contribution in [3.05, 3.63) is 57.0 Å².